The van der Waals surface area contributed by atoms with E-state index in [1.54, 1.807) is 11.8 Å². The maximum atomic E-state index is 12.2. The number of ether oxygens (including phenoxy) is 1. The molecule has 2 heterocycles. The van der Waals surface area contributed by atoms with Gasteiger partial charge in [0.05, 0.1) is 13.2 Å². The Bertz CT molecular complexity index is 406. The van der Waals surface area contributed by atoms with E-state index in [0.717, 1.165) is 0 Å². The largest absolute Gasteiger partial charge is 0.445 e. The van der Waals surface area contributed by atoms with Crippen LogP contribution in [0, 0.1) is 6.92 Å². The fourth-order valence-electron chi connectivity index (χ4n) is 1.78. The number of carbonyl (C=O) groups is 1. The van der Waals surface area contributed by atoms with Gasteiger partial charge >= 0.3 is 0 Å². The second-order valence-corrected chi connectivity index (χ2v) is 4.52. The Morgan fingerprint density at radius 1 is 1.35 bits per heavy atom. The summed E-state index contributed by atoms with van der Waals surface area (Å²) < 4.78 is 10.7. The van der Waals surface area contributed by atoms with Crippen molar-refractivity contribution >= 4 is 5.91 Å². The lowest BCUT2D eigenvalue weighted by Gasteiger charge is -2.26. The second-order valence-electron chi connectivity index (χ2n) is 4.52. The predicted molar refractivity (Wildman–Crippen MR) is 62.1 cm³/mol. The normalized spacial score (nSPS) is 16.6. The number of carbonyl (C=O) groups excluding carboxylic acids is 1. The van der Waals surface area contributed by atoms with Gasteiger partial charge in [0.15, 0.2) is 11.6 Å². The monoisotopic (exact) mass is 238 g/mol. The van der Waals surface area contributed by atoms with E-state index in [9.17, 15) is 4.79 Å². The van der Waals surface area contributed by atoms with Gasteiger partial charge in [-0.1, -0.05) is 13.8 Å². The Morgan fingerprint density at radius 2 is 2.00 bits per heavy atom. The van der Waals surface area contributed by atoms with Crippen LogP contribution >= 0.6 is 0 Å². The molecule has 1 aliphatic rings. The molecule has 1 aromatic rings. The molecule has 17 heavy (non-hydrogen) atoms. The van der Waals surface area contributed by atoms with Crippen molar-refractivity contribution in [2.24, 2.45) is 0 Å². The van der Waals surface area contributed by atoms with Gasteiger partial charge in [0.25, 0.3) is 5.91 Å². The van der Waals surface area contributed by atoms with Crippen LogP contribution in [-0.4, -0.2) is 42.1 Å². The number of aromatic nitrogens is 1. The molecule has 94 valence electrons. The molecular weight excluding hydrogens is 220 g/mol. The summed E-state index contributed by atoms with van der Waals surface area (Å²) in [6, 6.07) is 0. The molecule has 2 rings (SSSR count). The highest BCUT2D eigenvalue weighted by Gasteiger charge is 2.24. The fourth-order valence-corrected chi connectivity index (χ4v) is 1.78. The Labute approximate surface area is 101 Å². The van der Waals surface area contributed by atoms with Crippen LogP contribution in [0.2, 0.25) is 0 Å². The zero-order chi connectivity index (χ0) is 12.4. The molecular formula is C12H18N2O3. The zero-order valence-corrected chi connectivity index (χ0v) is 10.5. The number of nitrogens with zero attached hydrogens (tertiary/aromatic N) is 2. The highest BCUT2D eigenvalue weighted by atomic mass is 16.5. The van der Waals surface area contributed by atoms with Crippen LogP contribution < -0.4 is 0 Å². The van der Waals surface area contributed by atoms with Crippen molar-refractivity contribution in [2.75, 3.05) is 26.3 Å². The van der Waals surface area contributed by atoms with Gasteiger partial charge in [-0.25, -0.2) is 4.98 Å². The van der Waals surface area contributed by atoms with E-state index in [2.05, 4.69) is 4.98 Å². The first-order chi connectivity index (χ1) is 8.09. The number of amides is 1. The molecule has 5 nitrogen and oxygen atoms in total. The number of aryl methyl sites for hydroxylation is 1. The van der Waals surface area contributed by atoms with E-state index in [-0.39, 0.29) is 11.8 Å². The van der Waals surface area contributed by atoms with E-state index in [1.807, 2.05) is 13.8 Å². The molecule has 0 bridgehead atoms. The van der Waals surface area contributed by atoms with Crippen molar-refractivity contribution in [3.63, 3.8) is 0 Å². The van der Waals surface area contributed by atoms with Crippen molar-refractivity contribution in [1.82, 2.24) is 9.88 Å². The SMILES string of the molecule is Cc1oc(C(C)C)nc1C(=O)N1CCOCC1. The van der Waals surface area contributed by atoms with Crippen LogP contribution in [0.1, 0.15) is 41.9 Å². The molecule has 5 heteroatoms. The molecule has 0 aliphatic carbocycles. The Morgan fingerprint density at radius 3 is 2.53 bits per heavy atom. The van der Waals surface area contributed by atoms with Crippen LogP contribution in [0.3, 0.4) is 0 Å². The number of hydrogen-bond donors (Lipinski definition) is 0. The minimum atomic E-state index is -0.0542. The summed E-state index contributed by atoms with van der Waals surface area (Å²) in [7, 11) is 0. The zero-order valence-electron chi connectivity index (χ0n) is 10.5. The average Bonchev–Trinajstić information content (AvgIpc) is 2.72. The Hall–Kier alpha value is -1.36. The van der Waals surface area contributed by atoms with Crippen molar-refractivity contribution in [3.05, 3.63) is 17.3 Å². The molecule has 0 aromatic carbocycles. The smallest absolute Gasteiger partial charge is 0.276 e. The topological polar surface area (TPSA) is 55.6 Å². The number of hydrogen-bond acceptors (Lipinski definition) is 4. The van der Waals surface area contributed by atoms with Crippen LogP contribution in [0.25, 0.3) is 0 Å². The number of rotatable bonds is 2. The van der Waals surface area contributed by atoms with E-state index in [0.29, 0.717) is 43.6 Å². The highest BCUT2D eigenvalue weighted by Crippen LogP contribution is 2.19. The summed E-state index contributed by atoms with van der Waals surface area (Å²) in [5.74, 6) is 1.37. The van der Waals surface area contributed by atoms with Crippen LogP contribution in [-0.2, 0) is 4.74 Å². The maximum absolute atomic E-state index is 12.2. The second kappa shape index (κ2) is 4.87. The molecule has 0 N–H and O–H groups in total. The van der Waals surface area contributed by atoms with E-state index >= 15 is 0 Å². The van der Waals surface area contributed by atoms with Gasteiger partial charge < -0.3 is 14.1 Å². The third-order valence-corrected chi connectivity index (χ3v) is 2.81. The quantitative estimate of drug-likeness (QED) is 0.785. The molecule has 1 fully saturated rings. The summed E-state index contributed by atoms with van der Waals surface area (Å²) in [6.45, 7) is 8.22. The fraction of sp³-hybridized carbons (Fsp3) is 0.667. The third kappa shape index (κ3) is 2.49. The molecule has 1 saturated heterocycles. The van der Waals surface area contributed by atoms with Crippen molar-refractivity contribution < 1.29 is 13.9 Å². The van der Waals surface area contributed by atoms with E-state index in [1.165, 1.54) is 0 Å². The molecule has 0 atom stereocenters. The van der Waals surface area contributed by atoms with Crippen molar-refractivity contribution in [2.45, 2.75) is 26.7 Å². The highest BCUT2D eigenvalue weighted by molar-refractivity contribution is 5.93. The molecule has 1 aromatic heterocycles. The first-order valence-corrected chi connectivity index (χ1v) is 5.94. The standard InChI is InChI=1S/C12H18N2O3/c1-8(2)11-13-10(9(3)17-11)12(15)14-4-6-16-7-5-14/h8H,4-7H2,1-3H3. The first kappa shape index (κ1) is 12.1. The summed E-state index contributed by atoms with van der Waals surface area (Å²) in [5.41, 5.74) is 0.440. The lowest BCUT2D eigenvalue weighted by Crippen LogP contribution is -2.41. The van der Waals surface area contributed by atoms with Gasteiger partial charge in [-0.2, -0.15) is 0 Å². The van der Waals surface area contributed by atoms with E-state index in [4.69, 9.17) is 9.15 Å². The maximum Gasteiger partial charge on any atom is 0.276 e. The summed E-state index contributed by atoms with van der Waals surface area (Å²) in [5, 5.41) is 0. The molecule has 1 amide bonds. The van der Waals surface area contributed by atoms with Gasteiger partial charge in [0.1, 0.15) is 5.76 Å². The summed E-state index contributed by atoms with van der Waals surface area (Å²) >= 11 is 0. The van der Waals surface area contributed by atoms with Crippen molar-refractivity contribution in [3.8, 4) is 0 Å². The van der Waals surface area contributed by atoms with E-state index < -0.39 is 0 Å². The first-order valence-electron chi connectivity index (χ1n) is 5.94. The molecule has 0 saturated carbocycles. The van der Waals surface area contributed by atoms with Crippen LogP contribution in [0.15, 0.2) is 4.42 Å². The number of oxazole rings is 1. The lowest BCUT2D eigenvalue weighted by molar-refractivity contribution is 0.0298. The van der Waals surface area contributed by atoms with Gasteiger partial charge in [0, 0.05) is 19.0 Å². The van der Waals surface area contributed by atoms with Gasteiger partial charge in [-0.05, 0) is 6.92 Å². The minimum absolute atomic E-state index is 0.0542. The number of morpholine rings is 1. The summed E-state index contributed by atoms with van der Waals surface area (Å²) in [6.07, 6.45) is 0. The van der Waals surface area contributed by atoms with Gasteiger partial charge in [-0.15, -0.1) is 0 Å². The van der Waals surface area contributed by atoms with Crippen LogP contribution in [0.5, 0.6) is 0 Å². The molecule has 0 radical (unpaired) electrons. The lowest BCUT2D eigenvalue weighted by atomic mass is 10.2. The van der Waals surface area contributed by atoms with Gasteiger partial charge in [0.2, 0.25) is 0 Å². The molecule has 0 unspecified atom stereocenters. The third-order valence-electron chi connectivity index (χ3n) is 2.81. The summed E-state index contributed by atoms with van der Waals surface area (Å²) in [4.78, 5) is 18.3. The minimum Gasteiger partial charge on any atom is -0.445 e. The van der Waals surface area contributed by atoms with Crippen LogP contribution in [0.4, 0.5) is 0 Å². The molecule has 0 spiro atoms. The Kier molecular flexibility index (Phi) is 3.47. The van der Waals surface area contributed by atoms with Gasteiger partial charge in [-0.3, -0.25) is 4.79 Å². The van der Waals surface area contributed by atoms with Crippen molar-refractivity contribution in [1.29, 1.82) is 0 Å². The average molecular weight is 238 g/mol. The molecule has 1 aliphatic heterocycles. The Balaban J connectivity index is 2.18. The predicted octanol–water partition coefficient (Wildman–Crippen LogP) is 1.58.